The van der Waals surface area contributed by atoms with Crippen molar-refractivity contribution in [1.82, 2.24) is 4.57 Å². The van der Waals surface area contributed by atoms with Crippen molar-refractivity contribution in [2.75, 3.05) is 0 Å². The van der Waals surface area contributed by atoms with E-state index in [0.29, 0.717) is 5.56 Å². The van der Waals surface area contributed by atoms with Gasteiger partial charge in [-0.25, -0.2) is 4.39 Å². The maximum Gasteiger partial charge on any atom is 0.304 e. The van der Waals surface area contributed by atoms with Crippen LogP contribution >= 0.6 is 0 Å². The molecule has 1 aromatic carbocycles. The number of hydrogen-bond donors (Lipinski definition) is 1. The van der Waals surface area contributed by atoms with Crippen molar-refractivity contribution in [1.29, 1.82) is 0 Å². The van der Waals surface area contributed by atoms with Crippen molar-refractivity contribution < 1.29 is 14.3 Å². The summed E-state index contributed by atoms with van der Waals surface area (Å²) >= 11 is 0. The van der Waals surface area contributed by atoms with E-state index in [0.717, 1.165) is 10.9 Å². The van der Waals surface area contributed by atoms with Crippen molar-refractivity contribution in [2.24, 2.45) is 7.05 Å². The Kier molecular flexibility index (Phi) is 2.89. The molecule has 1 N–H and O–H groups in total. The molecule has 2 aromatic rings. The monoisotopic (exact) mass is 249 g/mol. The lowest BCUT2D eigenvalue weighted by Crippen LogP contribution is -2.23. The van der Waals surface area contributed by atoms with Crippen LogP contribution in [0.1, 0.15) is 25.8 Å². The van der Waals surface area contributed by atoms with E-state index < -0.39 is 11.4 Å². The van der Waals surface area contributed by atoms with Crippen LogP contribution in [0.15, 0.2) is 24.4 Å². The van der Waals surface area contributed by atoms with Gasteiger partial charge < -0.3 is 9.67 Å². The Hall–Kier alpha value is -1.84. The maximum atomic E-state index is 14.1. The van der Waals surface area contributed by atoms with Gasteiger partial charge in [-0.3, -0.25) is 4.79 Å². The van der Waals surface area contributed by atoms with Crippen LogP contribution in [-0.2, 0) is 17.3 Å². The summed E-state index contributed by atoms with van der Waals surface area (Å²) in [6.07, 6.45) is 1.76. The number of rotatable bonds is 3. The van der Waals surface area contributed by atoms with E-state index >= 15 is 0 Å². The Bertz CT molecular complexity index is 614. The highest BCUT2D eigenvalue weighted by atomic mass is 19.1. The lowest BCUT2D eigenvalue weighted by atomic mass is 9.81. The molecule has 1 aromatic heterocycles. The fourth-order valence-corrected chi connectivity index (χ4v) is 2.28. The summed E-state index contributed by atoms with van der Waals surface area (Å²) in [7, 11) is 1.88. The number of hydrogen-bond acceptors (Lipinski definition) is 1. The number of carboxylic acid groups (broad SMARTS) is 1. The maximum absolute atomic E-state index is 14.1. The van der Waals surface area contributed by atoms with Crippen molar-refractivity contribution in [3.05, 3.63) is 35.8 Å². The second-order valence-corrected chi connectivity index (χ2v) is 5.27. The molecular formula is C14H16FNO2. The molecule has 0 saturated carbocycles. The van der Waals surface area contributed by atoms with Crippen LogP contribution in [-0.4, -0.2) is 15.6 Å². The first-order chi connectivity index (χ1) is 8.31. The standard InChI is InChI=1S/C14H16FNO2/c1-14(2,8-13(17)18)10-7-12-9(6-11(10)15)4-5-16(12)3/h4-7H,8H2,1-3H3,(H,17,18). The minimum absolute atomic E-state index is 0.0974. The van der Waals surface area contributed by atoms with E-state index in [4.69, 9.17) is 5.11 Å². The molecule has 0 aliphatic carbocycles. The van der Waals surface area contributed by atoms with Crippen LogP contribution in [0.2, 0.25) is 0 Å². The summed E-state index contributed by atoms with van der Waals surface area (Å²) in [5, 5.41) is 9.73. The van der Waals surface area contributed by atoms with Gasteiger partial charge in [0.25, 0.3) is 0 Å². The lowest BCUT2D eigenvalue weighted by Gasteiger charge is -2.24. The minimum atomic E-state index is -0.925. The molecule has 0 radical (unpaired) electrons. The van der Waals surface area contributed by atoms with Gasteiger partial charge in [0.05, 0.1) is 6.42 Å². The number of aryl methyl sites for hydroxylation is 1. The molecular weight excluding hydrogens is 233 g/mol. The molecule has 2 rings (SSSR count). The van der Waals surface area contributed by atoms with Gasteiger partial charge in [-0.05, 0) is 23.8 Å². The van der Waals surface area contributed by atoms with E-state index in [2.05, 4.69) is 0 Å². The lowest BCUT2D eigenvalue weighted by molar-refractivity contribution is -0.138. The number of aliphatic carboxylic acids is 1. The van der Waals surface area contributed by atoms with Gasteiger partial charge in [0, 0.05) is 29.6 Å². The van der Waals surface area contributed by atoms with E-state index in [9.17, 15) is 9.18 Å². The highest BCUT2D eigenvalue weighted by Gasteiger charge is 2.27. The van der Waals surface area contributed by atoms with Gasteiger partial charge in [-0.2, -0.15) is 0 Å². The first-order valence-corrected chi connectivity index (χ1v) is 5.78. The van der Waals surface area contributed by atoms with Crippen molar-refractivity contribution in [2.45, 2.75) is 25.7 Å². The molecule has 18 heavy (non-hydrogen) atoms. The fourth-order valence-electron chi connectivity index (χ4n) is 2.28. The summed E-state index contributed by atoms with van der Waals surface area (Å²) < 4.78 is 16.0. The molecule has 0 atom stereocenters. The highest BCUT2D eigenvalue weighted by Crippen LogP contribution is 2.32. The van der Waals surface area contributed by atoms with Gasteiger partial charge in [-0.1, -0.05) is 13.8 Å². The Morgan fingerprint density at radius 2 is 2.11 bits per heavy atom. The molecule has 0 amide bonds. The minimum Gasteiger partial charge on any atom is -0.481 e. The van der Waals surface area contributed by atoms with Crippen molar-refractivity contribution in [3.8, 4) is 0 Å². The number of fused-ring (bicyclic) bond motifs is 1. The van der Waals surface area contributed by atoms with Crippen LogP contribution in [0, 0.1) is 5.82 Å². The summed E-state index contributed by atoms with van der Waals surface area (Å²) in [6.45, 7) is 3.49. The van der Waals surface area contributed by atoms with E-state index in [1.54, 1.807) is 19.9 Å². The molecule has 4 heteroatoms. The number of nitrogens with zero attached hydrogens (tertiary/aromatic N) is 1. The summed E-state index contributed by atoms with van der Waals surface area (Å²) in [5.74, 6) is -1.27. The average Bonchev–Trinajstić information content (AvgIpc) is 2.56. The molecule has 96 valence electrons. The fraction of sp³-hybridized carbons (Fsp3) is 0.357. The largest absolute Gasteiger partial charge is 0.481 e. The van der Waals surface area contributed by atoms with Crippen molar-refractivity contribution >= 4 is 16.9 Å². The molecule has 0 unspecified atom stereocenters. The zero-order chi connectivity index (χ0) is 13.5. The first-order valence-electron chi connectivity index (χ1n) is 5.78. The molecule has 1 heterocycles. The molecule has 3 nitrogen and oxygen atoms in total. The number of halogens is 1. The van der Waals surface area contributed by atoms with E-state index in [1.165, 1.54) is 6.07 Å². The molecule has 0 saturated heterocycles. The average molecular weight is 249 g/mol. The summed E-state index contributed by atoms with van der Waals surface area (Å²) in [6, 6.07) is 5.05. The smallest absolute Gasteiger partial charge is 0.304 e. The van der Waals surface area contributed by atoms with Gasteiger partial charge in [0.1, 0.15) is 5.82 Å². The van der Waals surface area contributed by atoms with Gasteiger partial charge >= 0.3 is 5.97 Å². The molecule has 0 fully saturated rings. The predicted octanol–water partition coefficient (Wildman–Crippen LogP) is 3.07. The highest BCUT2D eigenvalue weighted by molar-refractivity contribution is 5.81. The Morgan fingerprint density at radius 3 is 2.72 bits per heavy atom. The Labute approximate surface area is 105 Å². The van der Waals surface area contributed by atoms with E-state index in [1.807, 2.05) is 23.9 Å². The molecule has 0 aliphatic rings. The SMILES string of the molecule is Cn1ccc2cc(F)c(C(C)(C)CC(=O)O)cc21. The number of carboxylic acids is 1. The van der Waals surface area contributed by atoms with Crippen LogP contribution in [0.3, 0.4) is 0 Å². The van der Waals surface area contributed by atoms with Crippen LogP contribution in [0.25, 0.3) is 10.9 Å². The molecule has 0 spiro atoms. The molecule has 0 aliphatic heterocycles. The Morgan fingerprint density at radius 1 is 1.44 bits per heavy atom. The zero-order valence-corrected chi connectivity index (χ0v) is 10.7. The topological polar surface area (TPSA) is 42.2 Å². The Balaban J connectivity index is 2.59. The summed E-state index contributed by atoms with van der Waals surface area (Å²) in [4.78, 5) is 10.9. The third kappa shape index (κ3) is 2.10. The second kappa shape index (κ2) is 4.12. The van der Waals surface area contributed by atoms with E-state index in [-0.39, 0.29) is 12.2 Å². The van der Waals surface area contributed by atoms with Crippen LogP contribution in [0.5, 0.6) is 0 Å². The van der Waals surface area contributed by atoms with Crippen LogP contribution < -0.4 is 0 Å². The van der Waals surface area contributed by atoms with Gasteiger partial charge in [0.2, 0.25) is 0 Å². The van der Waals surface area contributed by atoms with Gasteiger partial charge in [-0.15, -0.1) is 0 Å². The molecule has 0 bridgehead atoms. The number of carbonyl (C=O) groups is 1. The number of aromatic nitrogens is 1. The number of benzene rings is 1. The second-order valence-electron chi connectivity index (χ2n) is 5.27. The third-order valence-electron chi connectivity index (χ3n) is 3.30. The van der Waals surface area contributed by atoms with Gasteiger partial charge in [0.15, 0.2) is 0 Å². The third-order valence-corrected chi connectivity index (χ3v) is 3.30. The van der Waals surface area contributed by atoms with Crippen LogP contribution in [0.4, 0.5) is 4.39 Å². The first kappa shape index (κ1) is 12.6. The van der Waals surface area contributed by atoms with Crippen molar-refractivity contribution in [3.63, 3.8) is 0 Å². The zero-order valence-electron chi connectivity index (χ0n) is 10.7. The quantitative estimate of drug-likeness (QED) is 0.908. The predicted molar refractivity (Wildman–Crippen MR) is 68.2 cm³/mol. The summed E-state index contributed by atoms with van der Waals surface area (Å²) in [5.41, 5.74) is 0.623. The normalized spacial score (nSPS) is 12.0.